The Labute approximate surface area is 186 Å². The molecule has 0 bridgehead atoms. The van der Waals surface area contributed by atoms with E-state index in [0.717, 1.165) is 52.2 Å². The molecule has 0 atom stereocenters. The maximum Gasteiger partial charge on any atom is 0.258 e. The van der Waals surface area contributed by atoms with Crippen LogP contribution in [0.15, 0.2) is 35.6 Å². The highest BCUT2D eigenvalue weighted by atomic mass is 32.2. The number of amides is 1. The third-order valence-corrected chi connectivity index (χ3v) is 5.96. The van der Waals surface area contributed by atoms with Crippen molar-refractivity contribution < 1.29 is 9.53 Å². The fourth-order valence-electron chi connectivity index (χ4n) is 3.66. The third kappa shape index (κ3) is 5.10. The monoisotopic (exact) mass is 440 g/mol. The molecule has 8 nitrogen and oxygen atoms in total. The number of carbonyl (C=O) groups is 1. The van der Waals surface area contributed by atoms with Gasteiger partial charge in [-0.1, -0.05) is 36.9 Å². The number of rotatable bonds is 9. The van der Waals surface area contributed by atoms with Crippen LogP contribution in [-0.4, -0.2) is 57.6 Å². The van der Waals surface area contributed by atoms with E-state index in [1.807, 2.05) is 42.1 Å². The SMILES string of the molecule is CCSc1nc(N2CCCC2)c2cnn(CCNC(=O)COc3ccccc3C)c2n1. The number of fused-ring (bicyclic) bond motifs is 1. The number of thioether (sulfide) groups is 1. The second kappa shape index (κ2) is 10.00. The van der Waals surface area contributed by atoms with E-state index in [1.165, 1.54) is 12.8 Å². The summed E-state index contributed by atoms with van der Waals surface area (Å²) in [5, 5.41) is 9.17. The zero-order valence-electron chi connectivity index (χ0n) is 18.0. The summed E-state index contributed by atoms with van der Waals surface area (Å²) in [4.78, 5) is 24.0. The molecule has 0 saturated carbocycles. The predicted molar refractivity (Wildman–Crippen MR) is 123 cm³/mol. The predicted octanol–water partition coefficient (Wildman–Crippen LogP) is 3.04. The normalized spacial score (nSPS) is 13.7. The lowest BCUT2D eigenvalue weighted by atomic mass is 10.2. The number of aromatic nitrogens is 4. The Bertz CT molecular complexity index is 1050. The maximum atomic E-state index is 12.2. The standard InChI is InChI=1S/C22H28N6O2S/c1-3-31-22-25-20(27-11-6-7-12-27)17-14-24-28(21(17)26-22)13-10-23-19(29)15-30-18-9-5-4-8-16(18)2/h4-5,8-9,14H,3,6-7,10-13,15H2,1-2H3,(H,23,29). The van der Waals surface area contributed by atoms with Gasteiger partial charge in [0.2, 0.25) is 0 Å². The topological polar surface area (TPSA) is 85.2 Å². The van der Waals surface area contributed by atoms with E-state index in [4.69, 9.17) is 14.7 Å². The minimum atomic E-state index is -0.158. The number of ether oxygens (including phenoxy) is 1. The van der Waals surface area contributed by atoms with Crippen molar-refractivity contribution in [2.24, 2.45) is 0 Å². The number of nitrogens with one attached hydrogen (secondary N) is 1. The molecule has 1 fully saturated rings. The summed E-state index contributed by atoms with van der Waals surface area (Å²) < 4.78 is 7.45. The first-order valence-electron chi connectivity index (χ1n) is 10.7. The number of anilines is 1. The van der Waals surface area contributed by atoms with Crippen LogP contribution in [-0.2, 0) is 11.3 Å². The molecule has 1 aromatic carbocycles. The highest BCUT2D eigenvalue weighted by Gasteiger charge is 2.20. The van der Waals surface area contributed by atoms with Crippen LogP contribution < -0.4 is 15.0 Å². The van der Waals surface area contributed by atoms with Crippen molar-refractivity contribution in [3.63, 3.8) is 0 Å². The van der Waals surface area contributed by atoms with Gasteiger partial charge >= 0.3 is 0 Å². The zero-order valence-corrected chi connectivity index (χ0v) is 18.8. The van der Waals surface area contributed by atoms with Crippen LogP contribution in [0.2, 0.25) is 0 Å². The molecule has 0 aliphatic carbocycles. The number of aryl methyl sites for hydroxylation is 1. The molecule has 1 aliphatic heterocycles. The van der Waals surface area contributed by atoms with Gasteiger partial charge in [0.05, 0.1) is 18.1 Å². The average Bonchev–Trinajstić information content (AvgIpc) is 3.44. The molecule has 2 aromatic heterocycles. The van der Waals surface area contributed by atoms with E-state index in [9.17, 15) is 4.79 Å². The second-order valence-corrected chi connectivity index (χ2v) is 8.70. The van der Waals surface area contributed by atoms with Crippen LogP contribution in [0.1, 0.15) is 25.3 Å². The van der Waals surface area contributed by atoms with Gasteiger partial charge in [-0.25, -0.2) is 14.6 Å². The summed E-state index contributed by atoms with van der Waals surface area (Å²) in [5.41, 5.74) is 1.82. The fraction of sp³-hybridized carbons (Fsp3) is 0.455. The number of benzene rings is 1. The van der Waals surface area contributed by atoms with Crippen molar-refractivity contribution in [2.75, 3.05) is 36.9 Å². The van der Waals surface area contributed by atoms with Gasteiger partial charge in [-0.3, -0.25) is 4.79 Å². The number of carbonyl (C=O) groups excluding carboxylic acids is 1. The Morgan fingerprint density at radius 3 is 2.81 bits per heavy atom. The lowest BCUT2D eigenvalue weighted by Gasteiger charge is -2.17. The molecule has 1 amide bonds. The van der Waals surface area contributed by atoms with Gasteiger partial charge in [0.25, 0.3) is 5.91 Å². The highest BCUT2D eigenvalue weighted by molar-refractivity contribution is 7.99. The molecule has 1 saturated heterocycles. The summed E-state index contributed by atoms with van der Waals surface area (Å²) in [5.74, 6) is 2.45. The maximum absolute atomic E-state index is 12.2. The summed E-state index contributed by atoms with van der Waals surface area (Å²) in [6.45, 7) is 7.07. The first-order valence-corrected chi connectivity index (χ1v) is 11.7. The lowest BCUT2D eigenvalue weighted by molar-refractivity contribution is -0.123. The van der Waals surface area contributed by atoms with Crippen molar-refractivity contribution in [1.82, 2.24) is 25.1 Å². The Hall–Kier alpha value is -2.81. The van der Waals surface area contributed by atoms with E-state index >= 15 is 0 Å². The van der Waals surface area contributed by atoms with Crippen LogP contribution in [0.5, 0.6) is 5.75 Å². The Kier molecular flexibility index (Phi) is 6.91. The number of nitrogens with zero attached hydrogens (tertiary/aromatic N) is 5. The van der Waals surface area contributed by atoms with Gasteiger partial charge in [0, 0.05) is 19.6 Å². The first-order chi connectivity index (χ1) is 15.2. The molecule has 3 heterocycles. The van der Waals surface area contributed by atoms with Gasteiger partial charge < -0.3 is 15.0 Å². The third-order valence-electron chi connectivity index (χ3n) is 5.23. The van der Waals surface area contributed by atoms with Crippen molar-refractivity contribution in [2.45, 2.75) is 38.4 Å². The molecule has 3 aromatic rings. The summed E-state index contributed by atoms with van der Waals surface area (Å²) in [6.07, 6.45) is 4.21. The van der Waals surface area contributed by atoms with Crippen LogP contribution >= 0.6 is 11.8 Å². The van der Waals surface area contributed by atoms with Gasteiger partial charge in [-0.15, -0.1) is 0 Å². The molecular weight excluding hydrogens is 412 g/mol. The molecule has 1 N–H and O–H groups in total. The fourth-order valence-corrected chi connectivity index (χ4v) is 4.22. The van der Waals surface area contributed by atoms with E-state index in [1.54, 1.807) is 11.8 Å². The Morgan fingerprint density at radius 1 is 1.23 bits per heavy atom. The number of hydrogen-bond donors (Lipinski definition) is 1. The smallest absolute Gasteiger partial charge is 0.258 e. The number of hydrogen-bond acceptors (Lipinski definition) is 7. The summed E-state index contributed by atoms with van der Waals surface area (Å²) in [7, 11) is 0. The molecule has 0 radical (unpaired) electrons. The first kappa shape index (κ1) is 21.4. The van der Waals surface area contributed by atoms with E-state index in [2.05, 4.69) is 22.2 Å². The van der Waals surface area contributed by atoms with Crippen molar-refractivity contribution in [3.05, 3.63) is 36.0 Å². The van der Waals surface area contributed by atoms with Gasteiger partial charge in [0.1, 0.15) is 11.6 Å². The van der Waals surface area contributed by atoms with Crippen LogP contribution in [0, 0.1) is 6.92 Å². The van der Waals surface area contributed by atoms with Crippen molar-refractivity contribution in [1.29, 1.82) is 0 Å². The van der Waals surface area contributed by atoms with Gasteiger partial charge in [-0.05, 0) is 37.1 Å². The van der Waals surface area contributed by atoms with Crippen LogP contribution in [0.3, 0.4) is 0 Å². The Balaban J connectivity index is 1.40. The summed E-state index contributed by atoms with van der Waals surface area (Å²) >= 11 is 1.63. The molecule has 0 unspecified atom stereocenters. The quantitative estimate of drug-likeness (QED) is 0.404. The minimum absolute atomic E-state index is 0.0106. The van der Waals surface area contributed by atoms with E-state index in [-0.39, 0.29) is 12.5 Å². The van der Waals surface area contributed by atoms with E-state index < -0.39 is 0 Å². The molecule has 9 heteroatoms. The van der Waals surface area contributed by atoms with Gasteiger partial charge in [0.15, 0.2) is 17.4 Å². The number of para-hydroxylation sites is 1. The van der Waals surface area contributed by atoms with Crippen LogP contribution in [0.4, 0.5) is 5.82 Å². The largest absolute Gasteiger partial charge is 0.484 e. The average molecular weight is 441 g/mol. The van der Waals surface area contributed by atoms with Crippen LogP contribution in [0.25, 0.3) is 11.0 Å². The molecule has 1 aliphatic rings. The highest BCUT2D eigenvalue weighted by Crippen LogP contribution is 2.29. The molecule has 31 heavy (non-hydrogen) atoms. The van der Waals surface area contributed by atoms with Gasteiger partial charge in [-0.2, -0.15) is 5.10 Å². The lowest BCUT2D eigenvalue weighted by Crippen LogP contribution is -2.31. The second-order valence-electron chi connectivity index (χ2n) is 7.47. The van der Waals surface area contributed by atoms with Crippen molar-refractivity contribution >= 4 is 34.5 Å². The molecular formula is C22H28N6O2S. The van der Waals surface area contributed by atoms with E-state index in [0.29, 0.717) is 13.1 Å². The minimum Gasteiger partial charge on any atom is -0.484 e. The molecule has 164 valence electrons. The molecule has 0 spiro atoms. The molecule has 4 rings (SSSR count). The zero-order chi connectivity index (χ0) is 21.6. The Morgan fingerprint density at radius 2 is 2.03 bits per heavy atom. The van der Waals surface area contributed by atoms with Crippen molar-refractivity contribution in [3.8, 4) is 5.75 Å². The summed E-state index contributed by atoms with van der Waals surface area (Å²) in [6, 6.07) is 7.66.